The van der Waals surface area contributed by atoms with E-state index in [1.807, 2.05) is 18.5 Å². The van der Waals surface area contributed by atoms with Crippen molar-refractivity contribution in [3.63, 3.8) is 0 Å². The van der Waals surface area contributed by atoms with Crippen LogP contribution in [0.2, 0.25) is 0 Å². The van der Waals surface area contributed by atoms with Crippen molar-refractivity contribution in [1.82, 2.24) is 14.8 Å². The highest BCUT2D eigenvalue weighted by Crippen LogP contribution is 2.38. The Bertz CT molecular complexity index is 573. The lowest BCUT2D eigenvalue weighted by atomic mass is 9.86. The molecule has 3 fully saturated rings. The summed E-state index contributed by atoms with van der Waals surface area (Å²) < 4.78 is 5.63. The van der Waals surface area contributed by atoms with Crippen molar-refractivity contribution < 1.29 is 9.53 Å². The summed E-state index contributed by atoms with van der Waals surface area (Å²) in [6.07, 6.45) is 10.2. The SMILES string of the molecule is O=C([C@@H]1CCCO1)N1CCC[C@@]2(CCCN2Cc2cccnc2)C1. The minimum absolute atomic E-state index is 0.155. The number of carbonyl (C=O) groups is 1. The van der Waals surface area contributed by atoms with Crippen molar-refractivity contribution in [2.75, 3.05) is 26.2 Å². The number of hydrogen-bond donors (Lipinski definition) is 0. The van der Waals surface area contributed by atoms with E-state index >= 15 is 0 Å². The zero-order valence-electron chi connectivity index (χ0n) is 14.3. The molecule has 1 aromatic rings. The van der Waals surface area contributed by atoms with Crippen LogP contribution in [0.5, 0.6) is 0 Å². The molecule has 0 saturated carbocycles. The Morgan fingerprint density at radius 1 is 1.29 bits per heavy atom. The van der Waals surface area contributed by atoms with Crippen molar-refractivity contribution in [3.05, 3.63) is 30.1 Å². The van der Waals surface area contributed by atoms with Crippen LogP contribution in [0.25, 0.3) is 0 Å². The number of hydrogen-bond acceptors (Lipinski definition) is 4. The standard InChI is InChI=1S/C19H27N3O2/c23-18(17-6-2-12-24-17)21-10-3-7-19(15-21)8-4-11-22(19)14-16-5-1-9-20-13-16/h1,5,9,13,17H,2-4,6-8,10-12,14-15H2/t17-,19+/m0/s1. The predicted molar refractivity (Wildman–Crippen MR) is 91.4 cm³/mol. The van der Waals surface area contributed by atoms with Gasteiger partial charge < -0.3 is 9.64 Å². The van der Waals surface area contributed by atoms with Gasteiger partial charge in [-0.25, -0.2) is 0 Å². The molecule has 3 aliphatic rings. The molecular weight excluding hydrogens is 302 g/mol. The monoisotopic (exact) mass is 329 g/mol. The Kier molecular flexibility index (Phi) is 4.55. The second-order valence-corrected chi connectivity index (χ2v) is 7.48. The van der Waals surface area contributed by atoms with E-state index in [9.17, 15) is 4.79 Å². The molecule has 3 aliphatic heterocycles. The van der Waals surface area contributed by atoms with Crippen LogP contribution < -0.4 is 0 Å². The Hall–Kier alpha value is -1.46. The molecule has 1 amide bonds. The third-order valence-electron chi connectivity index (χ3n) is 5.91. The van der Waals surface area contributed by atoms with Gasteiger partial charge in [-0.3, -0.25) is 14.7 Å². The van der Waals surface area contributed by atoms with Crippen LogP contribution in [0.15, 0.2) is 24.5 Å². The highest BCUT2D eigenvalue weighted by atomic mass is 16.5. The first-order valence-electron chi connectivity index (χ1n) is 9.31. The fourth-order valence-electron chi connectivity index (χ4n) is 4.69. The highest BCUT2D eigenvalue weighted by molar-refractivity contribution is 5.81. The molecule has 0 bridgehead atoms. The average Bonchev–Trinajstić information content (AvgIpc) is 3.27. The van der Waals surface area contributed by atoms with E-state index in [-0.39, 0.29) is 17.6 Å². The van der Waals surface area contributed by atoms with Gasteiger partial charge in [0.05, 0.1) is 0 Å². The zero-order chi connectivity index (χ0) is 16.4. The van der Waals surface area contributed by atoms with Gasteiger partial charge in [0, 0.05) is 44.2 Å². The van der Waals surface area contributed by atoms with Gasteiger partial charge in [0.15, 0.2) is 0 Å². The van der Waals surface area contributed by atoms with E-state index in [1.54, 1.807) is 0 Å². The largest absolute Gasteiger partial charge is 0.368 e. The predicted octanol–water partition coefficient (Wildman–Crippen LogP) is 2.22. The molecule has 5 nitrogen and oxygen atoms in total. The number of likely N-dealkylation sites (tertiary alicyclic amines) is 2. The normalized spacial score (nSPS) is 31.0. The Labute approximate surface area is 144 Å². The summed E-state index contributed by atoms with van der Waals surface area (Å²) in [7, 11) is 0. The van der Waals surface area contributed by atoms with Crippen LogP contribution in [0.3, 0.4) is 0 Å². The Balaban J connectivity index is 1.47. The van der Waals surface area contributed by atoms with Gasteiger partial charge in [0.1, 0.15) is 6.10 Å². The molecule has 4 heterocycles. The quantitative estimate of drug-likeness (QED) is 0.853. The fraction of sp³-hybridized carbons (Fsp3) is 0.684. The molecule has 0 unspecified atom stereocenters. The summed E-state index contributed by atoms with van der Waals surface area (Å²) in [4.78, 5) is 21.7. The fourth-order valence-corrected chi connectivity index (χ4v) is 4.69. The molecule has 1 aromatic heterocycles. The molecule has 0 aliphatic carbocycles. The first-order chi connectivity index (χ1) is 11.8. The van der Waals surface area contributed by atoms with Crippen LogP contribution in [0, 0.1) is 0 Å². The molecule has 3 saturated heterocycles. The van der Waals surface area contributed by atoms with Crippen molar-refractivity contribution in [1.29, 1.82) is 0 Å². The van der Waals surface area contributed by atoms with Crippen molar-refractivity contribution in [2.24, 2.45) is 0 Å². The minimum Gasteiger partial charge on any atom is -0.368 e. The van der Waals surface area contributed by atoms with E-state index in [1.165, 1.54) is 24.8 Å². The van der Waals surface area contributed by atoms with Crippen molar-refractivity contribution >= 4 is 5.91 Å². The summed E-state index contributed by atoms with van der Waals surface area (Å²) in [6.45, 7) is 4.56. The third kappa shape index (κ3) is 3.07. The number of aromatic nitrogens is 1. The average molecular weight is 329 g/mol. The van der Waals surface area contributed by atoms with Crippen molar-refractivity contribution in [3.8, 4) is 0 Å². The number of amides is 1. The molecule has 0 aromatic carbocycles. The second-order valence-electron chi connectivity index (χ2n) is 7.48. The maximum Gasteiger partial charge on any atom is 0.251 e. The molecule has 0 radical (unpaired) electrons. The Morgan fingerprint density at radius 2 is 2.17 bits per heavy atom. The number of rotatable bonds is 3. The van der Waals surface area contributed by atoms with Crippen LogP contribution in [0.1, 0.15) is 44.1 Å². The smallest absolute Gasteiger partial charge is 0.251 e. The molecule has 2 atom stereocenters. The molecule has 1 spiro atoms. The van der Waals surface area contributed by atoms with Crippen molar-refractivity contribution in [2.45, 2.75) is 56.7 Å². The van der Waals surface area contributed by atoms with Crippen LogP contribution in [-0.4, -0.2) is 58.6 Å². The number of piperidine rings is 1. The molecule has 4 rings (SSSR count). The molecular formula is C19H27N3O2. The highest BCUT2D eigenvalue weighted by Gasteiger charge is 2.45. The summed E-state index contributed by atoms with van der Waals surface area (Å²) in [5.74, 6) is 0.222. The van der Waals surface area contributed by atoms with E-state index in [2.05, 4.69) is 20.9 Å². The third-order valence-corrected chi connectivity index (χ3v) is 5.91. The van der Waals surface area contributed by atoms with Gasteiger partial charge >= 0.3 is 0 Å². The van der Waals surface area contributed by atoms with Crippen LogP contribution >= 0.6 is 0 Å². The van der Waals surface area contributed by atoms with Crippen LogP contribution in [0.4, 0.5) is 0 Å². The lowest BCUT2D eigenvalue weighted by Crippen LogP contribution is -2.58. The van der Waals surface area contributed by atoms with Gasteiger partial charge in [0.25, 0.3) is 5.91 Å². The van der Waals surface area contributed by atoms with E-state index in [0.717, 1.165) is 52.0 Å². The molecule has 130 valence electrons. The van der Waals surface area contributed by atoms with Crippen LogP contribution in [-0.2, 0) is 16.1 Å². The number of pyridine rings is 1. The number of nitrogens with zero attached hydrogens (tertiary/aromatic N) is 3. The topological polar surface area (TPSA) is 45.7 Å². The van der Waals surface area contributed by atoms with Gasteiger partial charge in [-0.2, -0.15) is 0 Å². The lowest BCUT2D eigenvalue weighted by Gasteiger charge is -2.46. The summed E-state index contributed by atoms with van der Waals surface area (Å²) in [5, 5.41) is 0. The Morgan fingerprint density at radius 3 is 2.92 bits per heavy atom. The summed E-state index contributed by atoms with van der Waals surface area (Å²) in [5.41, 5.74) is 1.42. The number of ether oxygens (including phenoxy) is 1. The van der Waals surface area contributed by atoms with E-state index < -0.39 is 0 Å². The maximum atomic E-state index is 12.8. The maximum absolute atomic E-state index is 12.8. The molecule has 5 heteroatoms. The van der Waals surface area contributed by atoms with Gasteiger partial charge in [-0.15, -0.1) is 0 Å². The first kappa shape index (κ1) is 16.0. The lowest BCUT2D eigenvalue weighted by molar-refractivity contribution is -0.144. The van der Waals surface area contributed by atoms with E-state index in [0.29, 0.717) is 0 Å². The summed E-state index contributed by atoms with van der Waals surface area (Å²) in [6, 6.07) is 4.16. The molecule has 24 heavy (non-hydrogen) atoms. The van der Waals surface area contributed by atoms with Gasteiger partial charge in [-0.05, 0) is 56.7 Å². The van der Waals surface area contributed by atoms with Gasteiger partial charge in [0.2, 0.25) is 0 Å². The van der Waals surface area contributed by atoms with E-state index in [4.69, 9.17) is 4.74 Å². The molecule has 0 N–H and O–H groups in total. The second kappa shape index (κ2) is 6.81. The van der Waals surface area contributed by atoms with Gasteiger partial charge in [-0.1, -0.05) is 6.07 Å². The summed E-state index contributed by atoms with van der Waals surface area (Å²) >= 11 is 0. The first-order valence-corrected chi connectivity index (χ1v) is 9.31. The minimum atomic E-state index is -0.187. The zero-order valence-corrected chi connectivity index (χ0v) is 14.3. The number of carbonyl (C=O) groups excluding carboxylic acids is 1.